The summed E-state index contributed by atoms with van der Waals surface area (Å²) in [5, 5.41) is 19.5. The third-order valence-corrected chi connectivity index (χ3v) is 8.51. The molecule has 2 aromatic rings. The highest BCUT2D eigenvalue weighted by Crippen LogP contribution is 2.51. The Morgan fingerprint density at radius 3 is 2.20 bits per heavy atom. The van der Waals surface area contributed by atoms with Gasteiger partial charge >= 0.3 is 12.4 Å². The Labute approximate surface area is 248 Å². The minimum atomic E-state index is -5.15. The third-order valence-electron chi connectivity index (χ3n) is 8.51. The van der Waals surface area contributed by atoms with E-state index in [4.69, 9.17) is 9.15 Å². The van der Waals surface area contributed by atoms with E-state index in [0.29, 0.717) is 52.5 Å². The predicted octanol–water partition coefficient (Wildman–Crippen LogP) is 6.29. The summed E-state index contributed by atoms with van der Waals surface area (Å²) < 4.78 is 92.8. The molecule has 1 aromatic carbocycles. The lowest BCUT2D eigenvalue weighted by Gasteiger charge is -2.31. The van der Waals surface area contributed by atoms with Crippen molar-refractivity contribution < 1.29 is 55.3 Å². The summed E-state index contributed by atoms with van der Waals surface area (Å²) in [6.45, 7) is 1.36. The van der Waals surface area contributed by atoms with E-state index < -0.39 is 71.4 Å². The number of aliphatic hydroxyl groups excluding tert-OH is 2. The van der Waals surface area contributed by atoms with Gasteiger partial charge in [-0.25, -0.2) is 4.90 Å². The molecule has 2 amide bonds. The number of hydrogen-bond donors (Lipinski definition) is 2. The fraction of sp³-hybridized carbons (Fsp3) is 0.484. The van der Waals surface area contributed by atoms with E-state index in [1.54, 1.807) is 12.1 Å². The minimum absolute atomic E-state index is 0.0127. The number of benzene rings is 1. The maximum atomic E-state index is 13.7. The smallest absolute Gasteiger partial charge is 0.416 e. The first-order valence-electron chi connectivity index (χ1n) is 14.3. The summed E-state index contributed by atoms with van der Waals surface area (Å²) in [5.41, 5.74) is -1.86. The van der Waals surface area contributed by atoms with Gasteiger partial charge in [0.2, 0.25) is 11.8 Å². The van der Waals surface area contributed by atoms with E-state index in [1.165, 1.54) is 0 Å². The highest BCUT2D eigenvalue weighted by molar-refractivity contribution is 6.22. The first-order chi connectivity index (χ1) is 20.8. The van der Waals surface area contributed by atoms with Crippen molar-refractivity contribution in [2.45, 2.75) is 64.1 Å². The average Bonchev–Trinajstić information content (AvgIpc) is 3.66. The lowest BCUT2D eigenvalue weighted by molar-refractivity contribution is -0.143. The summed E-state index contributed by atoms with van der Waals surface area (Å²) in [4.78, 5) is 27.5. The van der Waals surface area contributed by atoms with E-state index in [0.717, 1.165) is 18.4 Å². The summed E-state index contributed by atoms with van der Waals surface area (Å²) >= 11 is 0. The molecule has 44 heavy (non-hydrogen) atoms. The highest BCUT2D eigenvalue weighted by Gasteiger charge is 2.57. The first-order valence-corrected chi connectivity index (χ1v) is 14.3. The Kier molecular flexibility index (Phi) is 8.85. The van der Waals surface area contributed by atoms with Crippen molar-refractivity contribution in [3.8, 4) is 0 Å². The lowest BCUT2D eigenvalue weighted by Crippen LogP contribution is -2.35. The maximum Gasteiger partial charge on any atom is 0.416 e. The van der Waals surface area contributed by atoms with Crippen molar-refractivity contribution in [2.75, 3.05) is 18.1 Å². The number of alkyl halides is 6. The number of anilines is 1. The van der Waals surface area contributed by atoms with Crippen LogP contribution >= 0.6 is 0 Å². The van der Waals surface area contributed by atoms with Gasteiger partial charge in [-0.15, -0.1) is 0 Å². The number of ether oxygens (including phenoxy) is 1. The summed E-state index contributed by atoms with van der Waals surface area (Å²) in [6, 6.07) is 4.11. The van der Waals surface area contributed by atoms with Crippen LogP contribution in [0.1, 0.15) is 61.7 Å². The molecule has 7 nitrogen and oxygen atoms in total. The topological polar surface area (TPSA) is 100 Å². The van der Waals surface area contributed by atoms with Crippen LogP contribution in [0, 0.1) is 17.8 Å². The second kappa shape index (κ2) is 12.2. The number of aliphatic hydroxyl groups is 2. The van der Waals surface area contributed by atoms with Crippen LogP contribution < -0.4 is 4.90 Å². The number of imide groups is 1. The molecule has 4 atom stereocenters. The van der Waals surface area contributed by atoms with Crippen LogP contribution in [0.2, 0.25) is 0 Å². The molecule has 2 fully saturated rings. The lowest BCUT2D eigenvalue weighted by atomic mass is 9.69. The van der Waals surface area contributed by atoms with Gasteiger partial charge in [0.1, 0.15) is 18.1 Å². The van der Waals surface area contributed by atoms with Gasteiger partial charge in [-0.05, 0) is 73.2 Å². The molecule has 3 aliphatic rings. The molecule has 0 saturated carbocycles. The van der Waals surface area contributed by atoms with Crippen LogP contribution in [-0.4, -0.2) is 41.3 Å². The number of nitrogens with zero attached hydrogens (tertiary/aromatic N) is 1. The summed E-state index contributed by atoms with van der Waals surface area (Å²) in [5.74, 6) is -3.56. The van der Waals surface area contributed by atoms with E-state index in [9.17, 15) is 46.1 Å². The van der Waals surface area contributed by atoms with Crippen LogP contribution in [0.15, 0.2) is 51.5 Å². The maximum absolute atomic E-state index is 13.7. The number of carbonyl (C=O) groups excluding carboxylic acids is 2. The molecule has 2 saturated heterocycles. The van der Waals surface area contributed by atoms with Gasteiger partial charge in [-0.3, -0.25) is 9.59 Å². The van der Waals surface area contributed by atoms with E-state index >= 15 is 0 Å². The Morgan fingerprint density at radius 1 is 0.955 bits per heavy atom. The van der Waals surface area contributed by atoms with Gasteiger partial charge < -0.3 is 19.4 Å². The number of rotatable bonds is 9. The first kappa shape index (κ1) is 32.0. The number of halogens is 6. The quantitative estimate of drug-likeness (QED) is 0.193. The molecule has 0 spiro atoms. The number of amides is 2. The number of carbonyl (C=O) groups is 2. The van der Waals surface area contributed by atoms with Crippen molar-refractivity contribution in [1.29, 1.82) is 0 Å². The molecule has 0 unspecified atom stereocenters. The van der Waals surface area contributed by atoms with Gasteiger partial charge in [-0.1, -0.05) is 18.9 Å². The standard InChI is InChI=1S/C31H31F6NO6/c1-2-3-16(8-21-5-6-22(14-40)44-21)4-7-25-26-17(13-39)9-23-27(24(26)15-43-25)29(42)38(28(23)41)20-11-18(30(32,33)34)10-19(12-20)31(35,36)37/h5-6,8,10-12,23-25,27,39-40H,2-4,7,9,13-15H2,1H3/b16-8+/t23-,24+,25-,27-/m1/s1. The van der Waals surface area contributed by atoms with Gasteiger partial charge in [0.05, 0.1) is 48.0 Å². The van der Waals surface area contributed by atoms with E-state index in [-0.39, 0.29) is 25.7 Å². The SMILES string of the molecule is CCC/C(=C\c1ccc(CO)o1)CC[C@H]1OC[C@H]2C1=C(CO)C[C@H]1C(=O)N(c3cc(C(F)(F)F)cc(C(F)(F)F)c3)C(=O)[C@H]12. The molecule has 2 N–H and O–H groups in total. The average molecular weight is 628 g/mol. The molecule has 5 rings (SSSR count). The Morgan fingerprint density at radius 2 is 1.64 bits per heavy atom. The van der Waals surface area contributed by atoms with Crippen molar-refractivity contribution in [1.82, 2.24) is 0 Å². The normalized spacial score (nSPS) is 24.4. The highest BCUT2D eigenvalue weighted by atomic mass is 19.4. The largest absolute Gasteiger partial charge is 0.459 e. The zero-order chi connectivity index (χ0) is 32.0. The summed E-state index contributed by atoms with van der Waals surface area (Å²) in [7, 11) is 0. The second-order valence-electron chi connectivity index (χ2n) is 11.3. The molecule has 0 radical (unpaired) electrons. The van der Waals surface area contributed by atoms with Crippen molar-refractivity contribution in [3.63, 3.8) is 0 Å². The zero-order valence-corrected chi connectivity index (χ0v) is 23.7. The van der Waals surface area contributed by atoms with Gasteiger partial charge in [0.15, 0.2) is 0 Å². The predicted molar refractivity (Wildman–Crippen MR) is 145 cm³/mol. The molecular formula is C31H31F6NO6. The second-order valence-corrected chi connectivity index (χ2v) is 11.3. The number of hydrogen-bond acceptors (Lipinski definition) is 6. The van der Waals surface area contributed by atoms with Crippen LogP contribution in [0.3, 0.4) is 0 Å². The molecule has 0 bridgehead atoms. The van der Waals surface area contributed by atoms with Crippen molar-refractivity contribution >= 4 is 23.6 Å². The molecule has 1 aliphatic carbocycles. The van der Waals surface area contributed by atoms with Gasteiger partial charge in [0, 0.05) is 5.92 Å². The Bertz CT molecular complexity index is 1460. The van der Waals surface area contributed by atoms with Crippen LogP contribution in [0.4, 0.5) is 32.0 Å². The van der Waals surface area contributed by atoms with Gasteiger partial charge in [0.25, 0.3) is 0 Å². The van der Waals surface area contributed by atoms with Crippen LogP contribution in [0.5, 0.6) is 0 Å². The molecule has 238 valence electrons. The third kappa shape index (κ3) is 6.09. The molecule has 13 heteroatoms. The van der Waals surface area contributed by atoms with Crippen LogP contribution in [-0.2, 0) is 33.3 Å². The minimum Gasteiger partial charge on any atom is -0.459 e. The van der Waals surface area contributed by atoms with Crippen molar-refractivity contribution in [2.24, 2.45) is 17.8 Å². The van der Waals surface area contributed by atoms with E-state index in [2.05, 4.69) is 0 Å². The zero-order valence-electron chi connectivity index (χ0n) is 23.7. The van der Waals surface area contributed by atoms with Crippen molar-refractivity contribution in [3.05, 3.63) is 69.7 Å². The molecular weight excluding hydrogens is 596 g/mol. The summed E-state index contributed by atoms with van der Waals surface area (Å²) in [6.07, 6.45) is -6.34. The fourth-order valence-corrected chi connectivity index (χ4v) is 6.61. The van der Waals surface area contributed by atoms with E-state index in [1.807, 2.05) is 13.0 Å². The number of furan rings is 1. The van der Waals surface area contributed by atoms with Crippen LogP contribution in [0.25, 0.3) is 6.08 Å². The molecule has 3 heterocycles. The number of fused-ring (bicyclic) bond motifs is 3. The molecule has 1 aromatic heterocycles. The van der Waals surface area contributed by atoms with Gasteiger partial charge in [-0.2, -0.15) is 26.3 Å². The Hall–Kier alpha value is -3.42. The Balaban J connectivity index is 1.41. The monoisotopic (exact) mass is 627 g/mol. The molecule has 2 aliphatic heterocycles. The number of allylic oxidation sites excluding steroid dienone is 1. The fourth-order valence-electron chi connectivity index (χ4n) is 6.61.